The van der Waals surface area contributed by atoms with E-state index in [1.807, 2.05) is 16.7 Å². The van der Waals surface area contributed by atoms with E-state index in [0.717, 1.165) is 24.9 Å². The smallest absolute Gasteiger partial charge is 0.254 e. The Kier molecular flexibility index (Phi) is 5.93. The van der Waals surface area contributed by atoms with Crippen molar-refractivity contribution >= 4 is 51.9 Å². The fraction of sp³-hybridized carbons (Fsp3) is 0.333. The number of alkyl halides is 1. The molecule has 0 atom stereocenters. The zero-order valence-corrected chi connectivity index (χ0v) is 11.9. The number of rotatable bonds is 5. The number of halogens is 3. The lowest BCUT2D eigenvalue weighted by molar-refractivity contribution is 0.108. The van der Waals surface area contributed by atoms with E-state index in [0.29, 0.717) is 17.0 Å². The van der Waals surface area contributed by atoms with Crippen LogP contribution in [0.3, 0.4) is 0 Å². The Hall–Kier alpha value is -0.770. The highest BCUT2D eigenvalue weighted by molar-refractivity contribution is 6.68. The van der Waals surface area contributed by atoms with Crippen LogP contribution in [0, 0.1) is 0 Å². The van der Waals surface area contributed by atoms with Crippen molar-refractivity contribution in [2.45, 2.75) is 19.4 Å². The molecule has 0 bridgehead atoms. The second-order valence-electron chi connectivity index (χ2n) is 3.78. The molecule has 0 saturated heterocycles. The van der Waals surface area contributed by atoms with Crippen LogP contribution in [-0.4, -0.2) is 20.7 Å². The molecule has 18 heavy (non-hydrogen) atoms. The lowest BCUT2D eigenvalue weighted by Crippen LogP contribution is -1.97. The minimum absolute atomic E-state index is 0. The number of benzene rings is 1. The molecule has 1 heterocycles. The summed E-state index contributed by atoms with van der Waals surface area (Å²) in [6.45, 7) is 0.850. The summed E-state index contributed by atoms with van der Waals surface area (Å²) in [5, 5.41) is -0.471. The molecule has 0 saturated carbocycles. The third-order valence-electron chi connectivity index (χ3n) is 2.64. The van der Waals surface area contributed by atoms with E-state index in [2.05, 4.69) is 4.98 Å². The average molecular weight is 308 g/mol. The first-order chi connectivity index (χ1) is 8.24. The second kappa shape index (κ2) is 6.98. The van der Waals surface area contributed by atoms with Crippen molar-refractivity contribution in [3.05, 3.63) is 30.1 Å². The van der Waals surface area contributed by atoms with Gasteiger partial charge < -0.3 is 4.57 Å². The van der Waals surface area contributed by atoms with Gasteiger partial charge in [0.25, 0.3) is 5.24 Å². The van der Waals surface area contributed by atoms with Crippen molar-refractivity contribution in [2.24, 2.45) is 0 Å². The van der Waals surface area contributed by atoms with Gasteiger partial charge in [-0.2, -0.15) is 0 Å². The molecular formula is C12H13Cl3N2O. The molecule has 1 aromatic heterocycles. The van der Waals surface area contributed by atoms with Gasteiger partial charge in [-0.15, -0.1) is 24.0 Å². The molecule has 0 amide bonds. The average Bonchev–Trinajstić information content (AvgIpc) is 2.72. The van der Waals surface area contributed by atoms with Gasteiger partial charge in [0.2, 0.25) is 0 Å². The van der Waals surface area contributed by atoms with Gasteiger partial charge in [0.05, 0.1) is 17.4 Å². The van der Waals surface area contributed by atoms with Gasteiger partial charge in [0.1, 0.15) is 5.52 Å². The number of unbranched alkanes of at least 4 members (excludes halogenated alkanes) is 1. The fourth-order valence-corrected chi connectivity index (χ4v) is 2.14. The van der Waals surface area contributed by atoms with Crippen LogP contribution < -0.4 is 0 Å². The lowest BCUT2D eigenvalue weighted by atomic mass is 10.2. The van der Waals surface area contributed by atoms with Gasteiger partial charge >= 0.3 is 0 Å². The topological polar surface area (TPSA) is 34.9 Å². The normalized spacial score (nSPS) is 10.3. The molecule has 1 aromatic carbocycles. The first kappa shape index (κ1) is 15.3. The Balaban J connectivity index is 0.00000162. The number of imidazole rings is 1. The summed E-state index contributed by atoms with van der Waals surface area (Å²) in [6.07, 6.45) is 3.70. The lowest BCUT2D eigenvalue weighted by Gasteiger charge is -2.03. The van der Waals surface area contributed by atoms with E-state index in [4.69, 9.17) is 23.2 Å². The monoisotopic (exact) mass is 306 g/mol. The van der Waals surface area contributed by atoms with Crippen molar-refractivity contribution in [3.8, 4) is 0 Å². The first-order valence-corrected chi connectivity index (χ1v) is 6.35. The molecule has 2 rings (SSSR count). The number of hydrogen-bond donors (Lipinski definition) is 0. The third kappa shape index (κ3) is 3.16. The van der Waals surface area contributed by atoms with Gasteiger partial charge in [-0.05, 0) is 36.6 Å². The summed E-state index contributed by atoms with van der Waals surface area (Å²) in [5.41, 5.74) is 2.06. The predicted octanol–water partition coefficient (Wildman–Crippen LogP) is 3.86. The molecule has 6 heteroatoms. The van der Waals surface area contributed by atoms with E-state index >= 15 is 0 Å². The zero-order chi connectivity index (χ0) is 12.3. The van der Waals surface area contributed by atoms with E-state index < -0.39 is 5.24 Å². The summed E-state index contributed by atoms with van der Waals surface area (Å²) in [6, 6.07) is 5.44. The van der Waals surface area contributed by atoms with Crippen molar-refractivity contribution in [1.82, 2.24) is 9.55 Å². The van der Waals surface area contributed by atoms with Gasteiger partial charge in [-0.25, -0.2) is 4.98 Å². The quantitative estimate of drug-likeness (QED) is 0.478. The maximum atomic E-state index is 11.2. The molecule has 0 unspecified atom stereocenters. The van der Waals surface area contributed by atoms with Crippen LogP contribution in [-0.2, 0) is 6.54 Å². The molecular weight excluding hydrogens is 295 g/mol. The third-order valence-corrected chi connectivity index (χ3v) is 3.12. The molecule has 0 aliphatic rings. The number of fused-ring (bicyclic) bond motifs is 1. The Labute approximate surface area is 121 Å². The maximum absolute atomic E-state index is 11.2. The van der Waals surface area contributed by atoms with Crippen molar-refractivity contribution in [3.63, 3.8) is 0 Å². The SMILES string of the molecule is Cl.O=C(Cl)c1cccc2c1ncn2CCCCCl. The van der Waals surface area contributed by atoms with Crippen LogP contribution in [0.25, 0.3) is 11.0 Å². The Bertz CT molecular complexity index is 539. The number of hydrogen-bond acceptors (Lipinski definition) is 2. The summed E-state index contributed by atoms with van der Waals surface area (Å²) in [4.78, 5) is 15.5. The maximum Gasteiger partial charge on any atom is 0.254 e. The van der Waals surface area contributed by atoms with Crippen LogP contribution in [0.2, 0.25) is 0 Å². The number of carbonyl (C=O) groups is 1. The molecule has 98 valence electrons. The van der Waals surface area contributed by atoms with E-state index in [-0.39, 0.29) is 12.4 Å². The minimum atomic E-state index is -0.471. The summed E-state index contributed by atoms with van der Waals surface area (Å²) in [7, 11) is 0. The second-order valence-corrected chi connectivity index (χ2v) is 4.50. The van der Waals surface area contributed by atoms with Gasteiger partial charge in [-0.1, -0.05) is 6.07 Å². The standard InChI is InChI=1S/C12H12Cl2N2O.ClH/c13-6-1-2-7-16-8-15-11-9(12(14)17)4-3-5-10(11)16;/h3-5,8H,1-2,6-7H2;1H. The number of nitrogens with zero attached hydrogens (tertiary/aromatic N) is 2. The molecule has 0 aliphatic carbocycles. The highest BCUT2D eigenvalue weighted by atomic mass is 35.5. The van der Waals surface area contributed by atoms with Crippen molar-refractivity contribution < 1.29 is 4.79 Å². The van der Waals surface area contributed by atoms with Gasteiger partial charge in [-0.3, -0.25) is 4.79 Å². The van der Waals surface area contributed by atoms with E-state index in [9.17, 15) is 4.79 Å². The summed E-state index contributed by atoms with van der Waals surface area (Å²) < 4.78 is 2.02. The predicted molar refractivity (Wildman–Crippen MR) is 77.1 cm³/mol. The molecule has 0 N–H and O–H groups in total. The van der Waals surface area contributed by atoms with Crippen LogP contribution in [0.15, 0.2) is 24.5 Å². The van der Waals surface area contributed by atoms with Crippen LogP contribution >= 0.6 is 35.6 Å². The Morgan fingerprint density at radius 3 is 2.78 bits per heavy atom. The summed E-state index contributed by atoms with van der Waals surface area (Å²) >= 11 is 11.2. The number of para-hydroxylation sites is 1. The van der Waals surface area contributed by atoms with E-state index in [1.54, 1.807) is 12.4 Å². The molecule has 2 aromatic rings. The van der Waals surface area contributed by atoms with Crippen molar-refractivity contribution in [1.29, 1.82) is 0 Å². The van der Waals surface area contributed by atoms with Crippen molar-refractivity contribution in [2.75, 3.05) is 5.88 Å². The minimum Gasteiger partial charge on any atom is -0.331 e. The zero-order valence-electron chi connectivity index (χ0n) is 9.60. The molecule has 0 fully saturated rings. The first-order valence-electron chi connectivity index (χ1n) is 5.43. The largest absolute Gasteiger partial charge is 0.331 e. The fourth-order valence-electron chi connectivity index (χ4n) is 1.80. The number of aryl methyl sites for hydroxylation is 1. The molecule has 0 radical (unpaired) electrons. The molecule has 3 nitrogen and oxygen atoms in total. The van der Waals surface area contributed by atoms with Crippen LogP contribution in [0.5, 0.6) is 0 Å². The Morgan fingerprint density at radius 2 is 2.11 bits per heavy atom. The van der Waals surface area contributed by atoms with Gasteiger partial charge in [0.15, 0.2) is 0 Å². The highest BCUT2D eigenvalue weighted by Gasteiger charge is 2.11. The Morgan fingerprint density at radius 1 is 1.33 bits per heavy atom. The molecule has 0 spiro atoms. The molecule has 0 aliphatic heterocycles. The number of aromatic nitrogens is 2. The van der Waals surface area contributed by atoms with Gasteiger partial charge in [0, 0.05) is 12.4 Å². The highest BCUT2D eigenvalue weighted by Crippen LogP contribution is 2.19. The van der Waals surface area contributed by atoms with Crippen LogP contribution in [0.1, 0.15) is 23.2 Å². The van der Waals surface area contributed by atoms with E-state index in [1.165, 1.54) is 0 Å². The summed E-state index contributed by atoms with van der Waals surface area (Å²) in [5.74, 6) is 0.665. The number of carbonyl (C=O) groups excluding carboxylic acids is 1. The van der Waals surface area contributed by atoms with Crippen LogP contribution in [0.4, 0.5) is 0 Å².